The van der Waals surface area contributed by atoms with E-state index in [2.05, 4.69) is 33.0 Å². The first-order valence-electron chi connectivity index (χ1n) is 8.75. The van der Waals surface area contributed by atoms with Gasteiger partial charge in [-0.1, -0.05) is 39.3 Å². The third-order valence-electron chi connectivity index (χ3n) is 4.49. The number of halogens is 1. The van der Waals surface area contributed by atoms with E-state index in [1.54, 1.807) is 18.2 Å². The summed E-state index contributed by atoms with van der Waals surface area (Å²) < 4.78 is 31.5. The van der Waals surface area contributed by atoms with Crippen LogP contribution in [0.25, 0.3) is 0 Å². The molecule has 0 saturated carbocycles. The summed E-state index contributed by atoms with van der Waals surface area (Å²) in [6.07, 6.45) is 0.626. The van der Waals surface area contributed by atoms with E-state index in [0.29, 0.717) is 16.5 Å². The summed E-state index contributed by atoms with van der Waals surface area (Å²) in [5.41, 5.74) is 0.361. The maximum absolute atomic E-state index is 12.8. The van der Waals surface area contributed by atoms with Gasteiger partial charge < -0.3 is 10.1 Å². The molecule has 2 rings (SSSR count). The van der Waals surface area contributed by atoms with Crippen LogP contribution < -0.4 is 14.4 Å². The van der Waals surface area contributed by atoms with E-state index in [1.807, 2.05) is 0 Å². The monoisotopic (exact) mass is 402 g/mol. The van der Waals surface area contributed by atoms with Crippen LogP contribution in [0.15, 0.2) is 18.2 Å². The number of sulfonamides is 1. The molecule has 1 heterocycles. The number of benzene rings is 1. The number of hydrogen-bond donors (Lipinski definition) is 1. The van der Waals surface area contributed by atoms with E-state index >= 15 is 0 Å². The largest absolute Gasteiger partial charge is 0.478 e. The summed E-state index contributed by atoms with van der Waals surface area (Å²) in [7, 11) is -3.52. The van der Waals surface area contributed by atoms with E-state index in [9.17, 15) is 13.2 Å². The zero-order chi connectivity index (χ0) is 19.6. The molecule has 0 bridgehead atoms. The second kappa shape index (κ2) is 8.05. The number of carbonyl (C=O) groups excluding carboxylic acids is 1. The normalized spacial score (nSPS) is 17.9. The van der Waals surface area contributed by atoms with Crippen molar-refractivity contribution in [3.8, 4) is 5.75 Å². The van der Waals surface area contributed by atoms with Crippen LogP contribution in [0.4, 0.5) is 5.69 Å². The van der Waals surface area contributed by atoms with Gasteiger partial charge in [-0.2, -0.15) is 0 Å². The van der Waals surface area contributed by atoms with E-state index in [4.69, 9.17) is 16.3 Å². The molecular weight excluding hydrogens is 376 g/mol. The van der Waals surface area contributed by atoms with E-state index in [1.165, 1.54) is 4.31 Å². The van der Waals surface area contributed by atoms with Crippen LogP contribution in [0.3, 0.4) is 0 Å². The van der Waals surface area contributed by atoms with Crippen molar-refractivity contribution in [1.29, 1.82) is 0 Å². The summed E-state index contributed by atoms with van der Waals surface area (Å²) in [6, 6.07) is 4.78. The van der Waals surface area contributed by atoms with Crippen LogP contribution in [0.1, 0.15) is 34.1 Å². The van der Waals surface area contributed by atoms with Crippen molar-refractivity contribution >= 4 is 33.2 Å². The van der Waals surface area contributed by atoms with E-state index < -0.39 is 16.1 Å². The second-order valence-electron chi connectivity index (χ2n) is 7.36. The fourth-order valence-electron chi connectivity index (χ4n) is 3.24. The molecule has 6 nitrogen and oxygen atoms in total. The van der Waals surface area contributed by atoms with Crippen LogP contribution in [0.2, 0.25) is 5.02 Å². The van der Waals surface area contributed by atoms with Gasteiger partial charge >= 0.3 is 0 Å². The number of amides is 1. The Hall–Kier alpha value is -1.47. The molecule has 1 amide bonds. The summed E-state index contributed by atoms with van der Waals surface area (Å²) in [6.45, 7) is 8.38. The van der Waals surface area contributed by atoms with Crippen molar-refractivity contribution in [2.24, 2.45) is 11.8 Å². The first kappa shape index (κ1) is 20.8. The van der Waals surface area contributed by atoms with Crippen molar-refractivity contribution in [3.63, 3.8) is 0 Å². The third kappa shape index (κ3) is 4.82. The van der Waals surface area contributed by atoms with Gasteiger partial charge in [0, 0.05) is 24.0 Å². The highest BCUT2D eigenvalue weighted by Crippen LogP contribution is 2.36. The highest BCUT2D eigenvalue weighted by atomic mass is 35.5. The lowest BCUT2D eigenvalue weighted by Gasteiger charge is -2.28. The Morgan fingerprint density at radius 3 is 2.42 bits per heavy atom. The SMILES string of the molecule is CC(C)C(NC(=O)[C@H]1CCN(S(C)(=O)=O)c2cc(Cl)ccc2O1)C(C)C. The molecule has 1 N–H and O–H groups in total. The molecule has 1 aromatic carbocycles. The molecule has 8 heteroatoms. The van der Waals surface area contributed by atoms with Crippen LogP contribution in [0, 0.1) is 11.8 Å². The smallest absolute Gasteiger partial charge is 0.261 e. The standard InChI is InChI=1S/C18H27ClN2O4S/c1-11(2)17(12(3)4)20-18(22)16-8-9-21(26(5,23)24)14-10-13(19)6-7-15(14)25-16/h6-7,10-12,16-17H,8-9H2,1-5H3,(H,20,22)/t16-/m1/s1. The lowest BCUT2D eigenvalue weighted by molar-refractivity contribution is -0.129. The van der Waals surface area contributed by atoms with Crippen LogP contribution in [-0.2, 0) is 14.8 Å². The molecule has 0 fully saturated rings. The molecule has 1 aliphatic heterocycles. The van der Waals surface area contributed by atoms with Gasteiger partial charge in [0.05, 0.1) is 11.9 Å². The average molecular weight is 403 g/mol. The van der Waals surface area contributed by atoms with Gasteiger partial charge in [0.25, 0.3) is 5.91 Å². The summed E-state index contributed by atoms with van der Waals surface area (Å²) in [5.74, 6) is 0.670. The first-order valence-corrected chi connectivity index (χ1v) is 11.0. The number of anilines is 1. The Morgan fingerprint density at radius 2 is 1.88 bits per heavy atom. The number of rotatable bonds is 5. The molecule has 146 valence electrons. The van der Waals surface area contributed by atoms with Gasteiger partial charge in [0.2, 0.25) is 10.0 Å². The minimum atomic E-state index is -3.52. The van der Waals surface area contributed by atoms with Gasteiger partial charge in [-0.3, -0.25) is 9.10 Å². The Kier molecular flexibility index (Phi) is 6.45. The molecule has 26 heavy (non-hydrogen) atoms. The lowest BCUT2D eigenvalue weighted by atomic mass is 9.93. The highest BCUT2D eigenvalue weighted by Gasteiger charge is 2.33. The van der Waals surface area contributed by atoms with Crippen molar-refractivity contribution < 1.29 is 17.9 Å². The number of nitrogens with one attached hydrogen (secondary N) is 1. The number of hydrogen-bond acceptors (Lipinski definition) is 4. The number of nitrogens with zero attached hydrogens (tertiary/aromatic N) is 1. The maximum Gasteiger partial charge on any atom is 0.261 e. The van der Waals surface area contributed by atoms with Crippen LogP contribution in [0.5, 0.6) is 5.75 Å². The van der Waals surface area contributed by atoms with Gasteiger partial charge in [-0.25, -0.2) is 8.42 Å². The fourth-order valence-corrected chi connectivity index (χ4v) is 4.35. The molecule has 0 aromatic heterocycles. The Balaban J connectivity index is 2.30. The number of fused-ring (bicyclic) bond motifs is 1. The Bertz CT molecular complexity index is 756. The maximum atomic E-state index is 12.8. The van der Waals surface area contributed by atoms with Gasteiger partial charge in [0.15, 0.2) is 6.10 Å². The summed E-state index contributed by atoms with van der Waals surface area (Å²) in [5, 5.41) is 3.46. The van der Waals surface area contributed by atoms with Gasteiger partial charge in [-0.15, -0.1) is 0 Å². The van der Waals surface area contributed by atoms with E-state index in [-0.39, 0.29) is 36.8 Å². The zero-order valence-electron chi connectivity index (χ0n) is 15.8. The molecule has 1 atom stereocenters. The fraction of sp³-hybridized carbons (Fsp3) is 0.611. The molecule has 0 spiro atoms. The average Bonchev–Trinajstić information content (AvgIpc) is 2.70. The molecule has 0 saturated heterocycles. The predicted molar refractivity (Wildman–Crippen MR) is 104 cm³/mol. The summed E-state index contributed by atoms with van der Waals surface area (Å²) >= 11 is 6.03. The summed E-state index contributed by atoms with van der Waals surface area (Å²) in [4.78, 5) is 12.8. The molecule has 0 aliphatic carbocycles. The number of ether oxygens (including phenoxy) is 1. The van der Waals surface area contributed by atoms with Crippen molar-refractivity contribution in [1.82, 2.24) is 5.32 Å². The van der Waals surface area contributed by atoms with Gasteiger partial charge in [0.1, 0.15) is 5.75 Å². The first-order chi connectivity index (χ1) is 12.0. The van der Waals surface area contributed by atoms with E-state index in [0.717, 1.165) is 6.26 Å². The quantitative estimate of drug-likeness (QED) is 0.821. The zero-order valence-corrected chi connectivity index (χ0v) is 17.4. The van der Waals surface area contributed by atoms with Gasteiger partial charge in [-0.05, 0) is 30.0 Å². The topological polar surface area (TPSA) is 75.7 Å². The minimum absolute atomic E-state index is 0.0186. The molecule has 1 aromatic rings. The second-order valence-corrected chi connectivity index (χ2v) is 9.71. The van der Waals surface area contributed by atoms with Crippen molar-refractivity contribution in [2.75, 3.05) is 17.1 Å². The Labute approximate surface area is 160 Å². The molecule has 0 unspecified atom stereocenters. The molecule has 1 aliphatic rings. The Morgan fingerprint density at radius 1 is 1.27 bits per heavy atom. The van der Waals surface area contributed by atoms with Crippen molar-refractivity contribution in [2.45, 2.75) is 46.3 Å². The van der Waals surface area contributed by atoms with Crippen LogP contribution >= 0.6 is 11.6 Å². The molecular formula is C18H27ClN2O4S. The van der Waals surface area contributed by atoms with Crippen molar-refractivity contribution in [3.05, 3.63) is 23.2 Å². The minimum Gasteiger partial charge on any atom is -0.478 e. The lowest BCUT2D eigenvalue weighted by Crippen LogP contribution is -2.48. The molecule has 0 radical (unpaired) electrons. The highest BCUT2D eigenvalue weighted by molar-refractivity contribution is 7.92. The number of carbonyl (C=O) groups is 1. The predicted octanol–water partition coefficient (Wildman–Crippen LogP) is 3.05. The van der Waals surface area contributed by atoms with Crippen LogP contribution in [-0.4, -0.2) is 39.3 Å². The third-order valence-corrected chi connectivity index (χ3v) is 5.91.